The van der Waals surface area contributed by atoms with Gasteiger partial charge in [0.15, 0.2) is 0 Å². The predicted octanol–water partition coefficient (Wildman–Crippen LogP) is 2.05. The number of alkyl halides is 1. The third-order valence-electron chi connectivity index (χ3n) is 1.75. The number of hydrogen-bond acceptors (Lipinski definition) is 2. The largest absolute Gasteiger partial charge is 0.359 e. The van der Waals surface area contributed by atoms with E-state index in [1.807, 2.05) is 35.0 Å². The summed E-state index contributed by atoms with van der Waals surface area (Å²) in [6.45, 7) is 0.463. The second-order valence-electron chi connectivity index (χ2n) is 2.66. The maximum Gasteiger partial charge on any atom is 0.121 e. The van der Waals surface area contributed by atoms with Crippen LogP contribution >= 0.6 is 11.6 Å². The standard InChI is InChI=1S/C9H9ClN2O/c10-7-13-6-8-5-9-3-1-2-4-12(9)11-8/h1-5H,6-7H2. The van der Waals surface area contributed by atoms with E-state index in [1.54, 1.807) is 0 Å². The van der Waals surface area contributed by atoms with Gasteiger partial charge in [-0.3, -0.25) is 0 Å². The van der Waals surface area contributed by atoms with Crippen LogP contribution in [0.15, 0.2) is 30.5 Å². The average molecular weight is 197 g/mol. The zero-order valence-electron chi connectivity index (χ0n) is 6.98. The molecule has 2 rings (SSSR count). The van der Waals surface area contributed by atoms with Gasteiger partial charge < -0.3 is 4.74 Å². The molecule has 0 saturated heterocycles. The van der Waals surface area contributed by atoms with Crippen LogP contribution < -0.4 is 0 Å². The van der Waals surface area contributed by atoms with Crippen molar-refractivity contribution >= 4 is 17.1 Å². The van der Waals surface area contributed by atoms with Crippen molar-refractivity contribution in [2.75, 3.05) is 6.07 Å². The number of halogens is 1. The maximum absolute atomic E-state index is 5.39. The topological polar surface area (TPSA) is 26.5 Å². The molecule has 13 heavy (non-hydrogen) atoms. The molecule has 2 aromatic rings. The lowest BCUT2D eigenvalue weighted by Crippen LogP contribution is -1.91. The number of nitrogens with zero attached hydrogens (tertiary/aromatic N) is 2. The van der Waals surface area contributed by atoms with Gasteiger partial charge in [0.25, 0.3) is 0 Å². The van der Waals surface area contributed by atoms with Gasteiger partial charge >= 0.3 is 0 Å². The third-order valence-corrected chi connectivity index (χ3v) is 1.90. The SMILES string of the molecule is ClCOCc1cc2ccccn2n1. The molecule has 0 aliphatic rings. The molecule has 2 aromatic heterocycles. The quantitative estimate of drug-likeness (QED) is 0.703. The smallest absolute Gasteiger partial charge is 0.121 e. The van der Waals surface area contributed by atoms with Gasteiger partial charge in [0.05, 0.1) is 17.8 Å². The van der Waals surface area contributed by atoms with E-state index in [0.717, 1.165) is 11.2 Å². The lowest BCUT2D eigenvalue weighted by molar-refractivity contribution is 0.162. The predicted molar refractivity (Wildman–Crippen MR) is 50.7 cm³/mol. The Morgan fingerprint density at radius 3 is 3.15 bits per heavy atom. The molecule has 0 aliphatic heterocycles. The Hall–Kier alpha value is -1.06. The molecule has 0 aliphatic carbocycles. The Kier molecular flexibility index (Phi) is 2.47. The zero-order valence-corrected chi connectivity index (χ0v) is 7.74. The summed E-state index contributed by atoms with van der Waals surface area (Å²) < 4.78 is 6.85. The van der Waals surface area contributed by atoms with Crippen molar-refractivity contribution in [1.29, 1.82) is 0 Å². The van der Waals surface area contributed by atoms with Crippen molar-refractivity contribution in [3.8, 4) is 0 Å². The molecule has 0 bridgehead atoms. The fraction of sp³-hybridized carbons (Fsp3) is 0.222. The van der Waals surface area contributed by atoms with Gasteiger partial charge in [0, 0.05) is 6.20 Å². The van der Waals surface area contributed by atoms with E-state index in [0.29, 0.717) is 6.61 Å². The minimum absolute atomic E-state index is 0.202. The van der Waals surface area contributed by atoms with Crippen LogP contribution in [0.4, 0.5) is 0 Å². The van der Waals surface area contributed by atoms with Crippen LogP contribution in [-0.2, 0) is 11.3 Å². The van der Waals surface area contributed by atoms with Crippen LogP contribution in [0.3, 0.4) is 0 Å². The van der Waals surface area contributed by atoms with E-state index in [4.69, 9.17) is 16.3 Å². The molecule has 0 radical (unpaired) electrons. The Bertz CT molecular complexity index is 366. The fourth-order valence-electron chi connectivity index (χ4n) is 1.20. The Labute approximate surface area is 80.9 Å². The van der Waals surface area contributed by atoms with Crippen LogP contribution in [0.2, 0.25) is 0 Å². The van der Waals surface area contributed by atoms with E-state index in [-0.39, 0.29) is 6.07 Å². The van der Waals surface area contributed by atoms with Crippen molar-refractivity contribution in [3.63, 3.8) is 0 Å². The van der Waals surface area contributed by atoms with Gasteiger partial charge in [-0.25, -0.2) is 4.52 Å². The molecule has 0 amide bonds. The molecular weight excluding hydrogens is 188 g/mol. The van der Waals surface area contributed by atoms with E-state index in [9.17, 15) is 0 Å². The lowest BCUT2D eigenvalue weighted by atomic mass is 10.4. The molecule has 0 atom stereocenters. The molecule has 0 spiro atoms. The minimum atomic E-state index is 0.202. The third kappa shape index (κ3) is 1.82. The average Bonchev–Trinajstić information content (AvgIpc) is 2.57. The summed E-state index contributed by atoms with van der Waals surface area (Å²) in [7, 11) is 0. The molecule has 3 nitrogen and oxygen atoms in total. The first-order valence-corrected chi connectivity index (χ1v) is 4.50. The molecule has 0 unspecified atom stereocenters. The molecule has 0 saturated carbocycles. The van der Waals surface area contributed by atoms with Crippen LogP contribution in [0, 0.1) is 0 Å². The van der Waals surface area contributed by atoms with Crippen molar-refractivity contribution in [2.45, 2.75) is 6.61 Å². The first kappa shape index (κ1) is 8.53. The first-order chi connectivity index (χ1) is 6.40. The van der Waals surface area contributed by atoms with Crippen LogP contribution in [0.5, 0.6) is 0 Å². The highest BCUT2D eigenvalue weighted by molar-refractivity contribution is 6.17. The summed E-state index contributed by atoms with van der Waals surface area (Å²) in [6.07, 6.45) is 1.90. The van der Waals surface area contributed by atoms with Gasteiger partial charge in [-0.15, -0.1) is 0 Å². The summed E-state index contributed by atoms with van der Waals surface area (Å²) in [4.78, 5) is 0. The summed E-state index contributed by atoms with van der Waals surface area (Å²) >= 11 is 5.39. The number of hydrogen-bond donors (Lipinski definition) is 0. The second kappa shape index (κ2) is 3.77. The monoisotopic (exact) mass is 196 g/mol. The molecule has 0 fully saturated rings. The minimum Gasteiger partial charge on any atom is -0.359 e. The van der Waals surface area contributed by atoms with Crippen LogP contribution in [0.25, 0.3) is 5.52 Å². The molecular formula is C9H9ClN2O. The zero-order chi connectivity index (χ0) is 9.10. The van der Waals surface area contributed by atoms with Crippen LogP contribution in [-0.4, -0.2) is 15.7 Å². The first-order valence-electron chi connectivity index (χ1n) is 3.97. The summed E-state index contributed by atoms with van der Waals surface area (Å²) in [6, 6.07) is 8.09. The summed E-state index contributed by atoms with van der Waals surface area (Å²) in [5.41, 5.74) is 1.96. The van der Waals surface area contributed by atoms with Gasteiger partial charge in [-0.2, -0.15) is 5.10 Å². The summed E-state index contributed by atoms with van der Waals surface area (Å²) in [5, 5.41) is 4.28. The molecule has 0 N–H and O–H groups in total. The summed E-state index contributed by atoms with van der Waals surface area (Å²) in [5.74, 6) is 0. The van der Waals surface area contributed by atoms with Crippen molar-refractivity contribution in [1.82, 2.24) is 9.61 Å². The Balaban J connectivity index is 2.28. The molecule has 2 heterocycles. The molecule has 68 valence electrons. The van der Waals surface area contributed by atoms with Gasteiger partial charge in [0.1, 0.15) is 6.07 Å². The fourth-order valence-corrected chi connectivity index (χ4v) is 1.28. The number of pyridine rings is 1. The van der Waals surface area contributed by atoms with Crippen molar-refractivity contribution in [3.05, 3.63) is 36.2 Å². The van der Waals surface area contributed by atoms with Gasteiger partial charge in [0.2, 0.25) is 0 Å². The van der Waals surface area contributed by atoms with Crippen molar-refractivity contribution < 1.29 is 4.74 Å². The number of rotatable bonds is 3. The number of aromatic nitrogens is 2. The molecule has 0 aromatic carbocycles. The van der Waals surface area contributed by atoms with E-state index in [1.165, 1.54) is 0 Å². The Morgan fingerprint density at radius 1 is 1.46 bits per heavy atom. The Morgan fingerprint density at radius 2 is 2.38 bits per heavy atom. The van der Waals surface area contributed by atoms with E-state index in [2.05, 4.69) is 5.10 Å². The number of ether oxygens (including phenoxy) is 1. The maximum atomic E-state index is 5.39. The second-order valence-corrected chi connectivity index (χ2v) is 2.88. The van der Waals surface area contributed by atoms with Gasteiger partial charge in [-0.1, -0.05) is 17.7 Å². The molecule has 4 heteroatoms. The lowest BCUT2D eigenvalue weighted by Gasteiger charge is -1.92. The van der Waals surface area contributed by atoms with Crippen molar-refractivity contribution in [2.24, 2.45) is 0 Å². The number of fused-ring (bicyclic) bond motifs is 1. The highest BCUT2D eigenvalue weighted by atomic mass is 35.5. The normalized spacial score (nSPS) is 10.8. The van der Waals surface area contributed by atoms with E-state index < -0.39 is 0 Å². The van der Waals surface area contributed by atoms with Gasteiger partial charge in [-0.05, 0) is 18.2 Å². The van der Waals surface area contributed by atoms with E-state index >= 15 is 0 Å². The van der Waals surface area contributed by atoms with Crippen LogP contribution in [0.1, 0.15) is 5.69 Å². The highest BCUT2D eigenvalue weighted by Gasteiger charge is 1.99. The highest BCUT2D eigenvalue weighted by Crippen LogP contribution is 2.06.